The molecule has 1 rings (SSSR count). The molecule has 0 aromatic rings. The van der Waals surface area contributed by atoms with Gasteiger partial charge in [0.1, 0.15) is 17.2 Å². The zero-order chi connectivity index (χ0) is 23.3. The molecule has 11 nitrogen and oxygen atoms in total. The van der Waals surface area contributed by atoms with Crippen molar-refractivity contribution in [2.45, 2.75) is 64.8 Å². The summed E-state index contributed by atoms with van der Waals surface area (Å²) in [6.45, 7) is 9.53. The van der Waals surface area contributed by atoms with Crippen molar-refractivity contribution >= 4 is 24.1 Å². The van der Waals surface area contributed by atoms with E-state index in [1.807, 2.05) is 0 Å². The number of hydrogen-bond donors (Lipinski definition) is 2. The van der Waals surface area contributed by atoms with E-state index in [-0.39, 0.29) is 19.6 Å². The van der Waals surface area contributed by atoms with E-state index in [1.165, 1.54) is 9.80 Å². The quantitative estimate of drug-likeness (QED) is 0.485. The molecule has 2 atom stereocenters. The summed E-state index contributed by atoms with van der Waals surface area (Å²) >= 11 is 0. The van der Waals surface area contributed by atoms with Crippen molar-refractivity contribution in [2.75, 3.05) is 33.4 Å². The molecule has 1 aliphatic rings. The first-order chi connectivity index (χ1) is 13.7. The van der Waals surface area contributed by atoms with Gasteiger partial charge in [0.15, 0.2) is 6.04 Å². The number of methoxy groups -OCH3 is 1. The standard InChI is InChI=1S/C19H33N3O8/c1-18(2,3)29-16(26)21-8-9-22(17(27)30-19(4,5)6)13(10-21)14(24)20-12(11-23)15(25)28-7/h12-13,23H,8-11H2,1-7H3,(H,20,24)/t12-,13?/m1/s1. The monoisotopic (exact) mass is 431 g/mol. The number of nitrogens with one attached hydrogen (secondary N) is 1. The number of rotatable bonds is 4. The normalized spacial score (nSPS) is 18.3. The van der Waals surface area contributed by atoms with E-state index in [9.17, 15) is 24.3 Å². The highest BCUT2D eigenvalue weighted by molar-refractivity contribution is 5.90. The number of carbonyl (C=O) groups excluding carboxylic acids is 4. The minimum absolute atomic E-state index is 0.0221. The summed E-state index contributed by atoms with van der Waals surface area (Å²) in [5.41, 5.74) is -1.52. The third-order valence-corrected chi connectivity index (χ3v) is 3.95. The van der Waals surface area contributed by atoms with Crippen LogP contribution in [0.15, 0.2) is 0 Å². The topological polar surface area (TPSA) is 135 Å². The second kappa shape index (κ2) is 9.96. The first-order valence-electron chi connectivity index (χ1n) is 9.65. The molecule has 2 N–H and O–H groups in total. The molecule has 1 saturated heterocycles. The lowest BCUT2D eigenvalue weighted by atomic mass is 10.1. The second-order valence-electron chi connectivity index (χ2n) is 8.88. The van der Waals surface area contributed by atoms with Gasteiger partial charge in [0.05, 0.1) is 20.3 Å². The molecule has 0 aromatic heterocycles. The Morgan fingerprint density at radius 1 is 1.00 bits per heavy atom. The molecule has 0 bridgehead atoms. The molecule has 1 unspecified atom stereocenters. The van der Waals surface area contributed by atoms with Gasteiger partial charge in [-0.2, -0.15) is 0 Å². The number of carbonyl (C=O) groups is 4. The SMILES string of the molecule is COC(=O)[C@@H](CO)NC(=O)C1CN(C(=O)OC(C)(C)C)CCN1C(=O)OC(C)(C)C. The summed E-state index contributed by atoms with van der Waals surface area (Å²) < 4.78 is 15.3. The molecule has 0 aromatic carbocycles. The minimum atomic E-state index is -1.31. The van der Waals surface area contributed by atoms with Crippen LogP contribution >= 0.6 is 0 Å². The van der Waals surface area contributed by atoms with Crippen LogP contribution in [0.25, 0.3) is 0 Å². The number of aliphatic hydroxyl groups is 1. The Hall–Kier alpha value is -2.56. The summed E-state index contributed by atoms with van der Waals surface area (Å²) in [4.78, 5) is 52.1. The maximum Gasteiger partial charge on any atom is 0.411 e. The Kier molecular flexibility index (Phi) is 8.46. The van der Waals surface area contributed by atoms with Crippen molar-refractivity contribution in [1.82, 2.24) is 15.1 Å². The molecule has 1 aliphatic heterocycles. The maximum absolute atomic E-state index is 12.9. The van der Waals surface area contributed by atoms with Gasteiger partial charge in [0.25, 0.3) is 0 Å². The van der Waals surface area contributed by atoms with Crippen LogP contribution in [0.4, 0.5) is 9.59 Å². The molecular weight excluding hydrogens is 398 g/mol. The summed E-state index contributed by atoms with van der Waals surface area (Å²) in [6, 6.07) is -2.46. The van der Waals surface area contributed by atoms with Crippen LogP contribution in [0.3, 0.4) is 0 Å². The van der Waals surface area contributed by atoms with Gasteiger partial charge in [-0.1, -0.05) is 0 Å². The van der Waals surface area contributed by atoms with Crippen molar-refractivity contribution in [3.8, 4) is 0 Å². The van der Waals surface area contributed by atoms with E-state index in [0.29, 0.717) is 0 Å². The lowest BCUT2D eigenvalue weighted by molar-refractivity contribution is -0.147. The Morgan fingerprint density at radius 3 is 2.00 bits per heavy atom. The summed E-state index contributed by atoms with van der Waals surface area (Å²) in [5.74, 6) is -1.58. The van der Waals surface area contributed by atoms with Crippen LogP contribution in [0.1, 0.15) is 41.5 Å². The Bertz CT molecular complexity index is 653. The highest BCUT2D eigenvalue weighted by Crippen LogP contribution is 2.18. The smallest absolute Gasteiger partial charge is 0.411 e. The predicted octanol–water partition coefficient (Wildman–Crippen LogP) is 0.493. The molecule has 30 heavy (non-hydrogen) atoms. The van der Waals surface area contributed by atoms with Gasteiger partial charge in [-0.15, -0.1) is 0 Å². The Labute approximate surface area is 176 Å². The van der Waals surface area contributed by atoms with Crippen molar-refractivity contribution < 1.29 is 38.5 Å². The van der Waals surface area contributed by atoms with Gasteiger partial charge in [-0.3, -0.25) is 9.69 Å². The number of nitrogens with zero attached hydrogens (tertiary/aromatic N) is 2. The molecular formula is C19H33N3O8. The minimum Gasteiger partial charge on any atom is -0.467 e. The fraction of sp³-hybridized carbons (Fsp3) is 0.789. The van der Waals surface area contributed by atoms with E-state index in [4.69, 9.17) is 9.47 Å². The third-order valence-electron chi connectivity index (χ3n) is 3.95. The van der Waals surface area contributed by atoms with Crippen LogP contribution in [-0.2, 0) is 23.8 Å². The zero-order valence-electron chi connectivity index (χ0n) is 18.7. The molecule has 3 amide bonds. The van der Waals surface area contributed by atoms with E-state index < -0.39 is 54.0 Å². The molecule has 172 valence electrons. The molecule has 0 saturated carbocycles. The molecule has 1 fully saturated rings. The highest BCUT2D eigenvalue weighted by Gasteiger charge is 2.41. The summed E-state index contributed by atoms with van der Waals surface area (Å²) in [5, 5.41) is 11.7. The number of amides is 3. The maximum atomic E-state index is 12.9. The second-order valence-corrected chi connectivity index (χ2v) is 8.88. The van der Waals surface area contributed by atoms with Crippen molar-refractivity contribution in [3.05, 3.63) is 0 Å². The molecule has 0 radical (unpaired) electrons. The van der Waals surface area contributed by atoms with E-state index in [0.717, 1.165) is 7.11 Å². The van der Waals surface area contributed by atoms with Gasteiger partial charge >= 0.3 is 18.2 Å². The first kappa shape index (κ1) is 25.5. The highest BCUT2D eigenvalue weighted by atomic mass is 16.6. The fourth-order valence-electron chi connectivity index (χ4n) is 2.63. The van der Waals surface area contributed by atoms with E-state index in [2.05, 4.69) is 10.1 Å². The van der Waals surface area contributed by atoms with Crippen molar-refractivity contribution in [3.63, 3.8) is 0 Å². The van der Waals surface area contributed by atoms with Gasteiger partial charge in [0, 0.05) is 13.1 Å². The summed E-state index contributed by atoms with van der Waals surface area (Å²) in [6.07, 6.45) is -1.36. The van der Waals surface area contributed by atoms with Crippen molar-refractivity contribution in [1.29, 1.82) is 0 Å². The number of ether oxygens (including phenoxy) is 3. The van der Waals surface area contributed by atoms with E-state index >= 15 is 0 Å². The van der Waals surface area contributed by atoms with Crippen molar-refractivity contribution in [2.24, 2.45) is 0 Å². The van der Waals surface area contributed by atoms with E-state index in [1.54, 1.807) is 41.5 Å². The van der Waals surface area contributed by atoms with Gasteiger partial charge in [0.2, 0.25) is 5.91 Å². The Balaban J connectivity index is 3.06. The molecule has 1 heterocycles. The van der Waals surface area contributed by atoms with Crippen LogP contribution in [0.2, 0.25) is 0 Å². The molecule has 0 aliphatic carbocycles. The third kappa shape index (κ3) is 7.69. The van der Waals surface area contributed by atoms with Crippen LogP contribution in [-0.4, -0.2) is 95.6 Å². The van der Waals surface area contributed by atoms with Gasteiger partial charge in [-0.05, 0) is 41.5 Å². The predicted molar refractivity (Wildman–Crippen MR) is 106 cm³/mol. The van der Waals surface area contributed by atoms with Gasteiger partial charge in [-0.25, -0.2) is 14.4 Å². The fourth-order valence-corrected chi connectivity index (χ4v) is 2.63. The number of aliphatic hydroxyl groups excluding tert-OH is 1. The summed E-state index contributed by atoms with van der Waals surface area (Å²) in [7, 11) is 1.12. The lowest BCUT2D eigenvalue weighted by Gasteiger charge is -2.41. The number of piperazine rings is 1. The zero-order valence-corrected chi connectivity index (χ0v) is 18.7. The lowest BCUT2D eigenvalue weighted by Crippen LogP contribution is -2.63. The number of esters is 1. The largest absolute Gasteiger partial charge is 0.467 e. The molecule has 11 heteroatoms. The van der Waals surface area contributed by atoms with Crippen LogP contribution < -0.4 is 5.32 Å². The van der Waals surface area contributed by atoms with Crippen LogP contribution in [0.5, 0.6) is 0 Å². The Morgan fingerprint density at radius 2 is 1.53 bits per heavy atom. The first-order valence-corrected chi connectivity index (χ1v) is 9.65. The average molecular weight is 431 g/mol. The average Bonchev–Trinajstić information content (AvgIpc) is 2.61. The molecule has 0 spiro atoms. The van der Waals surface area contributed by atoms with Crippen LogP contribution in [0, 0.1) is 0 Å². The number of hydrogen-bond acceptors (Lipinski definition) is 8. The van der Waals surface area contributed by atoms with Gasteiger partial charge < -0.3 is 29.5 Å².